The summed E-state index contributed by atoms with van der Waals surface area (Å²) >= 11 is 6.10. The molecule has 0 radical (unpaired) electrons. The molecule has 0 aromatic heterocycles. The van der Waals surface area contributed by atoms with Crippen LogP contribution in [0, 0.1) is 0 Å². The van der Waals surface area contributed by atoms with Gasteiger partial charge in [-0.2, -0.15) is 0 Å². The number of para-hydroxylation sites is 1. The van der Waals surface area contributed by atoms with Crippen molar-refractivity contribution in [3.63, 3.8) is 0 Å². The summed E-state index contributed by atoms with van der Waals surface area (Å²) in [7, 11) is -2.53. The van der Waals surface area contributed by atoms with Crippen LogP contribution in [0.5, 0.6) is 0 Å². The first-order chi connectivity index (χ1) is 14.6. The molecule has 0 saturated carbocycles. The van der Waals surface area contributed by atoms with Crippen molar-refractivity contribution in [3.8, 4) is 0 Å². The van der Waals surface area contributed by atoms with Gasteiger partial charge in [0, 0.05) is 20.1 Å². The predicted molar refractivity (Wildman–Crippen MR) is 121 cm³/mol. The maximum Gasteiger partial charge on any atom is 0.340 e. The number of benzene rings is 2. The van der Waals surface area contributed by atoms with Gasteiger partial charge in [-0.3, -0.25) is 9.10 Å². The third kappa shape index (κ3) is 6.08. The number of hydrogen-bond acceptors (Lipinski definition) is 5. The number of ether oxygens (including phenoxy) is 1. The highest BCUT2D eigenvalue weighted by atomic mass is 35.5. The van der Waals surface area contributed by atoms with Crippen molar-refractivity contribution in [2.75, 3.05) is 31.0 Å². The highest BCUT2D eigenvalue weighted by Gasteiger charge is 2.25. The summed E-state index contributed by atoms with van der Waals surface area (Å²) in [6.45, 7) is 7.66. The summed E-state index contributed by atoms with van der Waals surface area (Å²) in [5.74, 6) is -1.27. The molecule has 0 spiro atoms. The minimum atomic E-state index is -3.94. The Labute approximate surface area is 187 Å². The van der Waals surface area contributed by atoms with Gasteiger partial charge in [0.1, 0.15) is 0 Å². The molecule has 0 aliphatic heterocycles. The van der Waals surface area contributed by atoms with Crippen LogP contribution in [0.2, 0.25) is 5.02 Å². The van der Waals surface area contributed by atoms with Gasteiger partial charge in [0.15, 0.2) is 6.61 Å². The fourth-order valence-electron chi connectivity index (χ4n) is 2.75. The molecule has 0 heterocycles. The van der Waals surface area contributed by atoms with Crippen molar-refractivity contribution in [1.82, 2.24) is 4.90 Å². The molecule has 2 aromatic rings. The van der Waals surface area contributed by atoms with Gasteiger partial charge in [0.2, 0.25) is 0 Å². The molecule has 0 unspecified atom stereocenters. The molecule has 166 valence electrons. The largest absolute Gasteiger partial charge is 0.452 e. The molecule has 1 amide bonds. The van der Waals surface area contributed by atoms with E-state index in [0.29, 0.717) is 18.8 Å². The van der Waals surface area contributed by atoms with Crippen LogP contribution in [-0.4, -0.2) is 51.9 Å². The third-order valence-corrected chi connectivity index (χ3v) is 6.57. The molecule has 0 aliphatic carbocycles. The van der Waals surface area contributed by atoms with E-state index < -0.39 is 22.6 Å². The Morgan fingerprint density at radius 1 is 1.13 bits per heavy atom. The molecule has 9 heteroatoms. The van der Waals surface area contributed by atoms with Crippen LogP contribution < -0.4 is 4.31 Å². The number of esters is 1. The van der Waals surface area contributed by atoms with Gasteiger partial charge < -0.3 is 9.64 Å². The molecule has 2 rings (SSSR count). The zero-order valence-corrected chi connectivity index (χ0v) is 19.2. The van der Waals surface area contributed by atoms with E-state index in [-0.39, 0.29) is 21.4 Å². The number of carbonyl (C=O) groups excluding carboxylic acids is 2. The minimum Gasteiger partial charge on any atom is -0.452 e. The number of likely N-dealkylation sites (N-methyl/N-ethyl adjacent to an activating group) is 1. The van der Waals surface area contributed by atoms with Crippen LogP contribution in [0.25, 0.3) is 0 Å². The molecule has 7 nitrogen and oxygen atoms in total. The molecular formula is C22H25ClN2O5S. The van der Waals surface area contributed by atoms with E-state index in [2.05, 4.69) is 6.58 Å². The van der Waals surface area contributed by atoms with Crippen molar-refractivity contribution in [2.45, 2.75) is 18.7 Å². The zero-order valence-electron chi connectivity index (χ0n) is 17.7. The van der Waals surface area contributed by atoms with Crippen LogP contribution in [0.15, 0.2) is 65.6 Å². The maximum atomic E-state index is 13.0. The first-order valence-electron chi connectivity index (χ1n) is 9.50. The van der Waals surface area contributed by atoms with E-state index in [0.717, 1.165) is 15.9 Å². The fraction of sp³-hybridized carbons (Fsp3) is 0.273. The average Bonchev–Trinajstić information content (AvgIpc) is 2.75. The van der Waals surface area contributed by atoms with E-state index in [9.17, 15) is 18.0 Å². The summed E-state index contributed by atoms with van der Waals surface area (Å²) in [6.07, 6.45) is 0. The lowest BCUT2D eigenvalue weighted by atomic mass is 10.2. The van der Waals surface area contributed by atoms with E-state index >= 15 is 0 Å². The van der Waals surface area contributed by atoms with Crippen LogP contribution >= 0.6 is 11.6 Å². The fourth-order valence-corrected chi connectivity index (χ4v) is 4.17. The Hall–Kier alpha value is -2.84. The number of hydrogen-bond donors (Lipinski definition) is 0. The second-order valence-electron chi connectivity index (χ2n) is 6.89. The summed E-state index contributed by atoms with van der Waals surface area (Å²) in [5, 5.41) is 0.0213. The molecule has 0 N–H and O–H groups in total. The van der Waals surface area contributed by atoms with Gasteiger partial charge in [-0.15, -0.1) is 0 Å². The number of amides is 1. The molecule has 2 aromatic carbocycles. The highest BCUT2D eigenvalue weighted by molar-refractivity contribution is 7.92. The second kappa shape index (κ2) is 10.5. The van der Waals surface area contributed by atoms with E-state index in [4.69, 9.17) is 16.3 Å². The summed E-state index contributed by atoms with van der Waals surface area (Å²) < 4.78 is 32.2. The van der Waals surface area contributed by atoms with E-state index in [1.165, 1.54) is 24.1 Å². The Morgan fingerprint density at radius 3 is 2.35 bits per heavy atom. The van der Waals surface area contributed by atoms with Gasteiger partial charge in [-0.05, 0) is 44.2 Å². The number of halogens is 1. The zero-order chi connectivity index (χ0) is 23.2. The predicted octanol–water partition coefficient (Wildman–Crippen LogP) is 3.75. The second-order valence-corrected chi connectivity index (χ2v) is 9.27. The molecule has 0 aliphatic rings. The van der Waals surface area contributed by atoms with E-state index in [1.807, 2.05) is 0 Å². The molecular weight excluding hydrogens is 440 g/mol. The molecule has 31 heavy (non-hydrogen) atoms. The molecule has 0 atom stereocenters. The van der Waals surface area contributed by atoms with Crippen molar-refractivity contribution < 1.29 is 22.7 Å². The van der Waals surface area contributed by atoms with E-state index in [1.54, 1.807) is 44.2 Å². The van der Waals surface area contributed by atoms with Crippen LogP contribution in [0.1, 0.15) is 24.2 Å². The van der Waals surface area contributed by atoms with Crippen LogP contribution in [-0.2, 0) is 19.6 Å². The maximum absolute atomic E-state index is 13.0. The summed E-state index contributed by atoms with van der Waals surface area (Å²) in [5.41, 5.74) is 1.12. The molecule has 0 bridgehead atoms. The molecule has 0 fully saturated rings. The quantitative estimate of drug-likeness (QED) is 0.417. The number of carbonyl (C=O) groups is 2. The third-order valence-electron chi connectivity index (χ3n) is 4.46. The first-order valence-corrected chi connectivity index (χ1v) is 11.3. The number of sulfonamides is 1. The Kier molecular flexibility index (Phi) is 8.24. The molecule has 0 saturated heterocycles. The lowest BCUT2D eigenvalue weighted by molar-refractivity contribution is -0.133. The van der Waals surface area contributed by atoms with Gasteiger partial charge in [-0.25, -0.2) is 13.2 Å². The van der Waals surface area contributed by atoms with Crippen molar-refractivity contribution in [2.24, 2.45) is 0 Å². The topological polar surface area (TPSA) is 84.0 Å². The average molecular weight is 465 g/mol. The van der Waals surface area contributed by atoms with Gasteiger partial charge >= 0.3 is 5.97 Å². The Morgan fingerprint density at radius 2 is 1.77 bits per heavy atom. The number of anilines is 1. The van der Waals surface area contributed by atoms with Gasteiger partial charge in [-0.1, -0.05) is 42.0 Å². The monoisotopic (exact) mass is 464 g/mol. The van der Waals surface area contributed by atoms with Crippen LogP contribution in [0.3, 0.4) is 0 Å². The van der Waals surface area contributed by atoms with Crippen molar-refractivity contribution in [1.29, 1.82) is 0 Å². The number of nitrogens with zero attached hydrogens (tertiary/aromatic N) is 2. The summed E-state index contributed by atoms with van der Waals surface area (Å²) in [6, 6.07) is 12.3. The van der Waals surface area contributed by atoms with Crippen LogP contribution in [0.4, 0.5) is 5.69 Å². The number of rotatable bonds is 9. The lowest BCUT2D eigenvalue weighted by Crippen LogP contribution is -2.35. The Balaban J connectivity index is 2.21. The smallest absolute Gasteiger partial charge is 0.340 e. The first kappa shape index (κ1) is 24.4. The van der Waals surface area contributed by atoms with Crippen molar-refractivity contribution in [3.05, 3.63) is 71.3 Å². The SMILES string of the molecule is C=C(C)CN(CC)C(=O)COC(=O)c1cc(S(=O)(=O)N(C)c2ccccc2)ccc1Cl. The Bertz CT molecular complexity index is 1070. The van der Waals surface area contributed by atoms with Crippen molar-refractivity contribution >= 4 is 39.2 Å². The van der Waals surface area contributed by atoms with Gasteiger partial charge in [0.05, 0.1) is 21.2 Å². The minimum absolute atomic E-state index is 0.0213. The summed E-state index contributed by atoms with van der Waals surface area (Å²) in [4.78, 5) is 26.2. The lowest BCUT2D eigenvalue weighted by Gasteiger charge is -2.21. The van der Waals surface area contributed by atoms with Gasteiger partial charge in [0.25, 0.3) is 15.9 Å². The standard InChI is InChI=1S/C22H25ClN2O5S/c1-5-25(14-16(2)3)21(26)15-30-22(27)19-13-18(11-12-20(19)23)31(28,29)24(4)17-9-7-6-8-10-17/h6-13H,2,5,14-15H2,1,3-4H3. The highest BCUT2D eigenvalue weighted by Crippen LogP contribution is 2.26. The normalized spacial score (nSPS) is 11.0.